The van der Waals surface area contributed by atoms with E-state index < -0.39 is 11.6 Å². The van der Waals surface area contributed by atoms with E-state index in [4.69, 9.17) is 9.47 Å². The van der Waals surface area contributed by atoms with Gasteiger partial charge in [-0.2, -0.15) is 4.98 Å². The van der Waals surface area contributed by atoms with Crippen molar-refractivity contribution in [2.24, 2.45) is 0 Å². The summed E-state index contributed by atoms with van der Waals surface area (Å²) in [6.45, 7) is 4.75. The third-order valence-electron chi connectivity index (χ3n) is 6.17. The molecule has 0 saturated heterocycles. The second-order valence-electron chi connectivity index (χ2n) is 9.55. The average molecular weight is 551 g/mol. The molecule has 0 fully saturated rings. The van der Waals surface area contributed by atoms with Crippen molar-refractivity contribution in [1.82, 2.24) is 14.9 Å². The molecule has 0 aliphatic carbocycles. The molecule has 1 aliphatic heterocycles. The molecule has 11 heteroatoms. The third kappa shape index (κ3) is 6.92. The van der Waals surface area contributed by atoms with Gasteiger partial charge < -0.3 is 29.9 Å². The Morgan fingerprint density at radius 2 is 2.00 bits per heavy atom. The molecule has 0 bridgehead atoms. The molecule has 2 heterocycles. The smallest absolute Gasteiger partial charge is 0.247 e. The van der Waals surface area contributed by atoms with Crippen LogP contribution in [0.5, 0.6) is 11.5 Å². The Kier molecular flexibility index (Phi) is 8.95. The fourth-order valence-electron chi connectivity index (χ4n) is 4.24. The van der Waals surface area contributed by atoms with Crippen LogP contribution in [0.15, 0.2) is 54.9 Å². The molecule has 1 amide bonds. The lowest BCUT2D eigenvalue weighted by atomic mass is 10.0. The number of ether oxygens (including phenoxy) is 2. The lowest BCUT2D eigenvalue weighted by Crippen LogP contribution is -2.27. The quantitative estimate of drug-likeness (QED) is 0.323. The van der Waals surface area contributed by atoms with Crippen molar-refractivity contribution in [2.75, 3.05) is 56.9 Å². The fraction of sp³-hybridized carbons (Fsp3) is 0.276. The summed E-state index contributed by atoms with van der Waals surface area (Å²) in [7, 11) is 7.42. The highest BCUT2D eigenvalue weighted by Crippen LogP contribution is 2.35. The molecule has 0 atom stereocenters. The van der Waals surface area contributed by atoms with Crippen LogP contribution in [0.25, 0.3) is 6.08 Å². The van der Waals surface area contributed by atoms with E-state index in [1.165, 1.54) is 12.1 Å². The second-order valence-corrected chi connectivity index (χ2v) is 9.55. The molecule has 2 N–H and O–H groups in total. The van der Waals surface area contributed by atoms with Gasteiger partial charge in [-0.05, 0) is 75.5 Å². The zero-order valence-electron chi connectivity index (χ0n) is 22.9. The minimum Gasteiger partial charge on any atom is -0.495 e. The van der Waals surface area contributed by atoms with E-state index in [0.29, 0.717) is 46.8 Å². The van der Waals surface area contributed by atoms with Crippen LogP contribution in [0.3, 0.4) is 0 Å². The van der Waals surface area contributed by atoms with Gasteiger partial charge in [-0.3, -0.25) is 4.79 Å². The Balaban J connectivity index is 1.59. The van der Waals surface area contributed by atoms with Crippen LogP contribution in [0.1, 0.15) is 17.5 Å². The number of aromatic nitrogens is 2. The van der Waals surface area contributed by atoms with Gasteiger partial charge in [0.15, 0.2) is 11.6 Å². The number of amides is 1. The first-order chi connectivity index (χ1) is 19.2. The van der Waals surface area contributed by atoms with E-state index in [2.05, 4.69) is 32.1 Å². The van der Waals surface area contributed by atoms with E-state index in [0.717, 1.165) is 37.1 Å². The molecule has 0 radical (unpaired) electrons. The number of halogens is 2. The predicted molar refractivity (Wildman–Crippen MR) is 152 cm³/mol. The largest absolute Gasteiger partial charge is 0.495 e. The summed E-state index contributed by atoms with van der Waals surface area (Å²) in [6.07, 6.45) is 6.19. The number of rotatable bonds is 11. The first-order valence-electron chi connectivity index (χ1n) is 12.6. The van der Waals surface area contributed by atoms with E-state index in [9.17, 15) is 13.6 Å². The molecule has 1 aromatic heterocycles. The molecule has 3 aromatic rings. The van der Waals surface area contributed by atoms with Gasteiger partial charge in [0.2, 0.25) is 11.9 Å². The molecule has 40 heavy (non-hydrogen) atoms. The van der Waals surface area contributed by atoms with Gasteiger partial charge in [0.25, 0.3) is 0 Å². The third-order valence-corrected chi connectivity index (χ3v) is 6.17. The number of nitrogens with one attached hydrogen (secondary N) is 2. The maximum atomic E-state index is 14.1. The van der Waals surface area contributed by atoms with Crippen LogP contribution in [0, 0.1) is 11.6 Å². The summed E-state index contributed by atoms with van der Waals surface area (Å²) < 4.78 is 38.6. The van der Waals surface area contributed by atoms with Crippen LogP contribution in [-0.4, -0.2) is 62.1 Å². The summed E-state index contributed by atoms with van der Waals surface area (Å²) in [5, 5.41) is 6.08. The van der Waals surface area contributed by atoms with Crippen LogP contribution >= 0.6 is 0 Å². The van der Waals surface area contributed by atoms with Gasteiger partial charge in [0.05, 0.1) is 19.3 Å². The Hall–Kier alpha value is -4.51. The number of nitrogens with zero attached hydrogens (tertiary/aromatic N) is 4. The van der Waals surface area contributed by atoms with Crippen molar-refractivity contribution < 1.29 is 23.0 Å². The number of carbonyl (C=O) groups excluding carboxylic acids is 1. The SMILES string of the molecule is C=CC(=O)Nc1cc(Nc2ncc3c(n2)N(C)CC(Oc2ccc(F)cc2F)=C3)c(OC)cc1CCCN(C)C. The molecule has 9 nitrogen and oxygen atoms in total. The molecule has 1 aliphatic rings. The normalized spacial score (nSPS) is 12.5. The number of anilines is 4. The standard InChI is InChI=1S/C29H32F2N6O3/c1-6-27(38)33-23-15-24(26(39-5)13-18(23)8-7-11-36(2)3)34-29-32-16-19-12-21(17-37(4)28(19)35-29)40-25-10-9-20(30)14-22(25)31/h6,9-10,12-16H,1,7-8,11,17H2,2-5H3,(H,33,38)(H,32,34,35). The lowest BCUT2D eigenvalue weighted by molar-refractivity contribution is -0.111. The number of benzene rings is 2. The lowest BCUT2D eigenvalue weighted by Gasteiger charge is -2.26. The molecular formula is C29H32F2N6O3. The minimum absolute atomic E-state index is 0.0692. The Bertz CT molecular complexity index is 1440. The van der Waals surface area contributed by atoms with Gasteiger partial charge in [-0.25, -0.2) is 13.8 Å². The van der Waals surface area contributed by atoms with Gasteiger partial charge in [0, 0.05) is 30.6 Å². The highest BCUT2D eigenvalue weighted by atomic mass is 19.1. The minimum atomic E-state index is -0.786. The predicted octanol–water partition coefficient (Wildman–Crippen LogP) is 5.00. The van der Waals surface area contributed by atoms with Gasteiger partial charge in [-0.1, -0.05) is 6.58 Å². The number of hydrogen-bond donors (Lipinski definition) is 2. The monoisotopic (exact) mass is 550 g/mol. The van der Waals surface area contributed by atoms with Crippen molar-refractivity contribution in [3.05, 3.63) is 77.7 Å². The van der Waals surface area contributed by atoms with E-state index in [-0.39, 0.29) is 11.7 Å². The zero-order valence-corrected chi connectivity index (χ0v) is 22.9. The topological polar surface area (TPSA) is 91.8 Å². The summed E-state index contributed by atoms with van der Waals surface area (Å²) in [5.74, 6) is 0.122. The first kappa shape index (κ1) is 28.5. The maximum absolute atomic E-state index is 14.1. The summed E-state index contributed by atoms with van der Waals surface area (Å²) in [5.41, 5.74) is 2.81. The number of aryl methyl sites for hydroxylation is 1. The number of hydrogen-bond acceptors (Lipinski definition) is 8. The van der Waals surface area contributed by atoms with E-state index >= 15 is 0 Å². The Labute approximate surface area is 232 Å². The molecule has 2 aromatic carbocycles. The average Bonchev–Trinajstić information content (AvgIpc) is 2.91. The number of likely N-dealkylation sites (N-methyl/N-ethyl adjacent to an activating group) is 1. The maximum Gasteiger partial charge on any atom is 0.247 e. The van der Waals surface area contributed by atoms with Crippen LogP contribution in [-0.2, 0) is 11.2 Å². The molecule has 4 rings (SSSR count). The van der Waals surface area contributed by atoms with Crippen molar-refractivity contribution in [1.29, 1.82) is 0 Å². The number of carbonyl (C=O) groups is 1. The van der Waals surface area contributed by atoms with Gasteiger partial charge in [0.1, 0.15) is 23.1 Å². The highest BCUT2D eigenvalue weighted by Gasteiger charge is 2.21. The van der Waals surface area contributed by atoms with Crippen LogP contribution < -0.4 is 25.0 Å². The number of methoxy groups -OCH3 is 1. The Morgan fingerprint density at radius 1 is 1.20 bits per heavy atom. The van der Waals surface area contributed by atoms with Crippen molar-refractivity contribution in [2.45, 2.75) is 12.8 Å². The molecule has 210 valence electrons. The summed E-state index contributed by atoms with van der Waals surface area (Å²) in [6, 6.07) is 6.84. The molecule has 0 unspecified atom stereocenters. The van der Waals surface area contributed by atoms with Crippen molar-refractivity contribution >= 4 is 35.1 Å². The number of fused-ring (bicyclic) bond motifs is 1. The second kappa shape index (κ2) is 12.6. The molecule has 0 spiro atoms. The van der Waals surface area contributed by atoms with Crippen LogP contribution in [0.2, 0.25) is 0 Å². The van der Waals surface area contributed by atoms with E-state index in [1.54, 1.807) is 25.4 Å². The zero-order chi connectivity index (χ0) is 28.8. The van der Waals surface area contributed by atoms with Crippen molar-refractivity contribution in [3.63, 3.8) is 0 Å². The molecule has 0 saturated carbocycles. The Morgan fingerprint density at radius 3 is 2.70 bits per heavy atom. The van der Waals surface area contributed by atoms with Gasteiger partial charge in [-0.15, -0.1) is 0 Å². The first-order valence-corrected chi connectivity index (χ1v) is 12.6. The summed E-state index contributed by atoms with van der Waals surface area (Å²) >= 11 is 0. The van der Waals surface area contributed by atoms with E-state index in [1.807, 2.05) is 32.1 Å². The van der Waals surface area contributed by atoms with Crippen LogP contribution in [0.4, 0.5) is 31.9 Å². The molecular weight excluding hydrogens is 518 g/mol. The highest BCUT2D eigenvalue weighted by molar-refractivity contribution is 6.00. The van der Waals surface area contributed by atoms with Gasteiger partial charge >= 0.3 is 0 Å². The van der Waals surface area contributed by atoms with Crippen molar-refractivity contribution in [3.8, 4) is 11.5 Å². The fourth-order valence-corrected chi connectivity index (χ4v) is 4.24. The summed E-state index contributed by atoms with van der Waals surface area (Å²) in [4.78, 5) is 25.2.